The number of carbonyl (C=O) groups excluding carboxylic acids is 1. The minimum Gasteiger partial charge on any atom is -0.493 e. The summed E-state index contributed by atoms with van der Waals surface area (Å²) >= 11 is 0. The van der Waals surface area contributed by atoms with Gasteiger partial charge in [-0.3, -0.25) is 4.79 Å². The van der Waals surface area contributed by atoms with Crippen molar-refractivity contribution in [3.8, 4) is 17.5 Å². The quantitative estimate of drug-likeness (QED) is 0.601. The van der Waals surface area contributed by atoms with Crippen LogP contribution in [0.25, 0.3) is 0 Å². The molecule has 0 radical (unpaired) electrons. The van der Waals surface area contributed by atoms with E-state index in [1.54, 1.807) is 48.5 Å². The van der Waals surface area contributed by atoms with E-state index >= 15 is 0 Å². The van der Waals surface area contributed by atoms with Crippen LogP contribution in [0.4, 0.5) is 5.69 Å². The van der Waals surface area contributed by atoms with Gasteiger partial charge < -0.3 is 14.8 Å². The highest BCUT2D eigenvalue weighted by Crippen LogP contribution is 2.21. The molecule has 6 heteroatoms. The standard InChI is InChI=1S/C23H25N3O3/c1-15(2)14-28-20-9-5-18(6-10-20)22(27)26-19-7-11-21(12-8-19)29-23-24-16(3)13-17(4)25-23/h5-13,15H,14H2,1-4H3,(H,26,27). The Bertz CT molecular complexity index is 947. The Morgan fingerprint density at radius 1 is 0.931 bits per heavy atom. The van der Waals surface area contributed by atoms with Gasteiger partial charge in [-0.2, -0.15) is 0 Å². The molecule has 0 fully saturated rings. The molecular formula is C23H25N3O3. The lowest BCUT2D eigenvalue weighted by Crippen LogP contribution is -2.12. The van der Waals surface area contributed by atoms with Crippen LogP contribution in [0.2, 0.25) is 0 Å². The zero-order chi connectivity index (χ0) is 20.8. The number of carbonyl (C=O) groups is 1. The number of hydrogen-bond acceptors (Lipinski definition) is 5. The Kier molecular flexibility index (Phi) is 6.44. The minimum atomic E-state index is -0.188. The maximum atomic E-state index is 12.4. The summed E-state index contributed by atoms with van der Waals surface area (Å²) in [7, 11) is 0. The van der Waals surface area contributed by atoms with Gasteiger partial charge in [0.2, 0.25) is 0 Å². The van der Waals surface area contributed by atoms with Crippen molar-refractivity contribution in [3.05, 3.63) is 71.5 Å². The van der Waals surface area contributed by atoms with E-state index in [-0.39, 0.29) is 5.91 Å². The SMILES string of the molecule is Cc1cc(C)nc(Oc2ccc(NC(=O)c3ccc(OCC(C)C)cc3)cc2)n1. The molecular weight excluding hydrogens is 366 g/mol. The van der Waals surface area contributed by atoms with Gasteiger partial charge in [-0.1, -0.05) is 13.8 Å². The molecule has 0 spiro atoms. The van der Waals surface area contributed by atoms with Gasteiger partial charge >= 0.3 is 6.01 Å². The lowest BCUT2D eigenvalue weighted by molar-refractivity contribution is 0.102. The van der Waals surface area contributed by atoms with E-state index in [1.165, 1.54) is 0 Å². The number of aromatic nitrogens is 2. The summed E-state index contributed by atoms with van der Waals surface area (Å²) < 4.78 is 11.3. The average molecular weight is 391 g/mol. The molecule has 0 saturated heterocycles. The molecule has 0 unspecified atom stereocenters. The number of nitrogens with zero attached hydrogens (tertiary/aromatic N) is 2. The van der Waals surface area contributed by atoms with Crippen LogP contribution in [-0.2, 0) is 0 Å². The molecule has 3 rings (SSSR count). The Morgan fingerprint density at radius 3 is 2.10 bits per heavy atom. The molecule has 0 aliphatic heterocycles. The third-order valence-corrected chi connectivity index (χ3v) is 3.98. The largest absolute Gasteiger partial charge is 0.493 e. The topological polar surface area (TPSA) is 73.3 Å². The summed E-state index contributed by atoms with van der Waals surface area (Å²) in [5, 5.41) is 2.87. The van der Waals surface area contributed by atoms with E-state index in [2.05, 4.69) is 29.1 Å². The first-order chi connectivity index (χ1) is 13.9. The van der Waals surface area contributed by atoms with Crippen molar-refractivity contribution < 1.29 is 14.3 Å². The number of nitrogens with one attached hydrogen (secondary N) is 1. The molecule has 1 N–H and O–H groups in total. The summed E-state index contributed by atoms with van der Waals surface area (Å²) in [5.74, 6) is 1.61. The fourth-order valence-corrected chi connectivity index (χ4v) is 2.62. The van der Waals surface area contributed by atoms with Crippen molar-refractivity contribution in [1.29, 1.82) is 0 Å². The second kappa shape index (κ2) is 9.19. The summed E-state index contributed by atoms with van der Waals surface area (Å²) in [4.78, 5) is 21.0. The van der Waals surface area contributed by atoms with Crippen LogP contribution in [0.15, 0.2) is 54.6 Å². The van der Waals surface area contributed by atoms with Gasteiger partial charge in [0.25, 0.3) is 5.91 Å². The highest BCUT2D eigenvalue weighted by Gasteiger charge is 2.08. The molecule has 2 aromatic carbocycles. The van der Waals surface area contributed by atoms with Crippen LogP contribution in [0.3, 0.4) is 0 Å². The third kappa shape index (κ3) is 6.04. The van der Waals surface area contributed by atoms with Crippen molar-refractivity contribution in [2.75, 3.05) is 11.9 Å². The van der Waals surface area contributed by atoms with E-state index < -0.39 is 0 Å². The van der Waals surface area contributed by atoms with Gasteiger partial charge in [0.15, 0.2) is 0 Å². The molecule has 1 heterocycles. The van der Waals surface area contributed by atoms with Crippen LogP contribution >= 0.6 is 0 Å². The molecule has 0 bridgehead atoms. The number of anilines is 1. The van der Waals surface area contributed by atoms with Gasteiger partial charge in [-0.15, -0.1) is 0 Å². The first kappa shape index (κ1) is 20.3. The number of hydrogen-bond donors (Lipinski definition) is 1. The molecule has 150 valence electrons. The van der Waals surface area contributed by atoms with Gasteiger partial charge in [-0.05, 0) is 74.4 Å². The van der Waals surface area contributed by atoms with Crippen LogP contribution in [0, 0.1) is 19.8 Å². The molecule has 0 aliphatic rings. The van der Waals surface area contributed by atoms with Crippen molar-refractivity contribution in [3.63, 3.8) is 0 Å². The zero-order valence-electron chi connectivity index (χ0n) is 17.1. The zero-order valence-corrected chi connectivity index (χ0v) is 17.1. The first-order valence-corrected chi connectivity index (χ1v) is 9.53. The van der Waals surface area contributed by atoms with Crippen LogP contribution in [0.5, 0.6) is 17.5 Å². The monoisotopic (exact) mass is 391 g/mol. The van der Waals surface area contributed by atoms with Gasteiger partial charge in [-0.25, -0.2) is 9.97 Å². The lowest BCUT2D eigenvalue weighted by Gasteiger charge is -2.10. The smallest absolute Gasteiger partial charge is 0.322 e. The van der Waals surface area contributed by atoms with Crippen molar-refractivity contribution in [2.45, 2.75) is 27.7 Å². The predicted molar refractivity (Wildman–Crippen MR) is 113 cm³/mol. The predicted octanol–water partition coefficient (Wildman–Crippen LogP) is 5.17. The van der Waals surface area contributed by atoms with E-state index in [4.69, 9.17) is 9.47 Å². The number of benzene rings is 2. The molecule has 29 heavy (non-hydrogen) atoms. The molecule has 1 aromatic heterocycles. The number of ether oxygens (including phenoxy) is 2. The number of amides is 1. The fraction of sp³-hybridized carbons (Fsp3) is 0.261. The molecule has 0 aliphatic carbocycles. The maximum absolute atomic E-state index is 12.4. The molecule has 0 saturated carbocycles. The maximum Gasteiger partial charge on any atom is 0.322 e. The summed E-state index contributed by atoms with van der Waals surface area (Å²) in [6.45, 7) is 8.61. The van der Waals surface area contributed by atoms with E-state index in [0.29, 0.717) is 35.5 Å². The highest BCUT2D eigenvalue weighted by atomic mass is 16.5. The number of aryl methyl sites for hydroxylation is 2. The Balaban J connectivity index is 1.59. The fourth-order valence-electron chi connectivity index (χ4n) is 2.62. The molecule has 1 amide bonds. The van der Waals surface area contributed by atoms with Gasteiger partial charge in [0, 0.05) is 22.6 Å². The van der Waals surface area contributed by atoms with E-state index in [9.17, 15) is 4.79 Å². The van der Waals surface area contributed by atoms with Gasteiger partial charge in [0.05, 0.1) is 6.61 Å². The second-order valence-corrected chi connectivity index (χ2v) is 7.24. The Morgan fingerprint density at radius 2 is 1.52 bits per heavy atom. The second-order valence-electron chi connectivity index (χ2n) is 7.24. The molecule has 0 atom stereocenters. The average Bonchev–Trinajstić information content (AvgIpc) is 2.67. The molecule has 3 aromatic rings. The normalized spacial score (nSPS) is 10.7. The van der Waals surface area contributed by atoms with Crippen molar-refractivity contribution in [2.24, 2.45) is 5.92 Å². The highest BCUT2D eigenvalue weighted by molar-refractivity contribution is 6.04. The van der Waals surface area contributed by atoms with Crippen molar-refractivity contribution >= 4 is 11.6 Å². The lowest BCUT2D eigenvalue weighted by atomic mass is 10.2. The Hall–Kier alpha value is -3.41. The molecule has 6 nitrogen and oxygen atoms in total. The van der Waals surface area contributed by atoms with Crippen LogP contribution in [0.1, 0.15) is 35.6 Å². The van der Waals surface area contributed by atoms with Crippen LogP contribution < -0.4 is 14.8 Å². The van der Waals surface area contributed by atoms with Gasteiger partial charge in [0.1, 0.15) is 11.5 Å². The van der Waals surface area contributed by atoms with Crippen molar-refractivity contribution in [1.82, 2.24) is 9.97 Å². The summed E-state index contributed by atoms with van der Waals surface area (Å²) in [5.41, 5.74) is 2.92. The summed E-state index contributed by atoms with van der Waals surface area (Å²) in [6.07, 6.45) is 0. The van der Waals surface area contributed by atoms with E-state index in [0.717, 1.165) is 17.1 Å². The third-order valence-electron chi connectivity index (χ3n) is 3.98. The Labute approximate surface area is 170 Å². The first-order valence-electron chi connectivity index (χ1n) is 9.53. The van der Waals surface area contributed by atoms with E-state index in [1.807, 2.05) is 19.9 Å². The number of rotatable bonds is 7. The summed E-state index contributed by atoms with van der Waals surface area (Å²) in [6, 6.07) is 16.4. The van der Waals surface area contributed by atoms with Crippen LogP contribution in [-0.4, -0.2) is 22.5 Å². The minimum absolute atomic E-state index is 0.188.